The standard InChI is InChI=1S/C9H8F2INO3/c1-16-9-5(12)2-4(8(10)11)6(13-9)3-7(14)15/h2,8H,3H2,1H3,(H,14,15). The summed E-state index contributed by atoms with van der Waals surface area (Å²) in [7, 11) is 1.34. The van der Waals surface area contributed by atoms with Gasteiger partial charge < -0.3 is 9.84 Å². The van der Waals surface area contributed by atoms with Gasteiger partial charge in [-0.15, -0.1) is 0 Å². The molecule has 0 aliphatic carbocycles. The van der Waals surface area contributed by atoms with Gasteiger partial charge in [-0.25, -0.2) is 13.8 Å². The number of carboxylic acid groups (broad SMARTS) is 1. The highest BCUT2D eigenvalue weighted by molar-refractivity contribution is 14.1. The first kappa shape index (κ1) is 13.1. The lowest BCUT2D eigenvalue weighted by atomic mass is 10.1. The third-order valence-corrected chi connectivity index (χ3v) is 2.58. The summed E-state index contributed by atoms with van der Waals surface area (Å²) in [5.41, 5.74) is -0.535. The molecule has 1 rings (SSSR count). The normalized spacial score (nSPS) is 10.6. The van der Waals surface area contributed by atoms with Gasteiger partial charge in [-0.1, -0.05) is 0 Å². The lowest BCUT2D eigenvalue weighted by Crippen LogP contribution is -2.08. The molecule has 0 saturated heterocycles. The van der Waals surface area contributed by atoms with Gasteiger partial charge in [-0.2, -0.15) is 0 Å². The molecule has 0 aromatic carbocycles. The maximum atomic E-state index is 12.6. The molecule has 0 aliphatic rings. The third kappa shape index (κ3) is 3.00. The molecule has 0 bridgehead atoms. The zero-order chi connectivity index (χ0) is 12.3. The fourth-order valence-electron chi connectivity index (χ4n) is 1.14. The van der Waals surface area contributed by atoms with Gasteiger partial charge in [0.05, 0.1) is 22.8 Å². The number of hydrogen-bond acceptors (Lipinski definition) is 3. The number of nitrogens with zero attached hydrogens (tertiary/aromatic N) is 1. The zero-order valence-corrected chi connectivity index (χ0v) is 10.4. The molecule has 0 radical (unpaired) electrons. The van der Waals surface area contributed by atoms with Gasteiger partial charge in [-0.3, -0.25) is 4.79 Å². The van der Waals surface area contributed by atoms with Crippen LogP contribution in [0.3, 0.4) is 0 Å². The van der Waals surface area contributed by atoms with Crippen molar-refractivity contribution in [2.75, 3.05) is 7.11 Å². The summed E-state index contributed by atoms with van der Waals surface area (Å²) >= 11 is 1.80. The smallest absolute Gasteiger partial charge is 0.309 e. The van der Waals surface area contributed by atoms with Crippen LogP contribution in [-0.2, 0) is 11.2 Å². The summed E-state index contributed by atoms with van der Waals surface area (Å²) in [5.74, 6) is -1.06. The summed E-state index contributed by atoms with van der Waals surface area (Å²) in [6.07, 6.45) is -3.30. The van der Waals surface area contributed by atoms with Crippen LogP contribution in [0, 0.1) is 3.57 Å². The Kier molecular flexibility index (Phi) is 4.39. The number of alkyl halides is 2. The van der Waals surface area contributed by atoms with Crippen molar-refractivity contribution in [2.45, 2.75) is 12.8 Å². The average Bonchev–Trinajstić information content (AvgIpc) is 2.19. The Bertz CT molecular complexity index is 412. The molecule has 1 aromatic heterocycles. The molecule has 0 amide bonds. The molecule has 1 N–H and O–H groups in total. The first-order valence-corrected chi connectivity index (χ1v) is 5.26. The first-order chi connectivity index (χ1) is 7.45. The number of ether oxygens (including phenoxy) is 1. The predicted molar refractivity (Wildman–Crippen MR) is 59.8 cm³/mol. The van der Waals surface area contributed by atoms with Gasteiger partial charge in [0.25, 0.3) is 6.43 Å². The minimum absolute atomic E-state index is 0.154. The van der Waals surface area contributed by atoms with Gasteiger partial charge in [-0.05, 0) is 28.7 Å². The van der Waals surface area contributed by atoms with Gasteiger partial charge in [0.15, 0.2) is 0 Å². The number of carbonyl (C=O) groups is 1. The molecule has 0 fully saturated rings. The van der Waals surface area contributed by atoms with Crippen LogP contribution in [-0.4, -0.2) is 23.2 Å². The molecule has 0 atom stereocenters. The van der Waals surface area contributed by atoms with Crippen LogP contribution in [0.5, 0.6) is 5.88 Å². The van der Waals surface area contributed by atoms with Crippen LogP contribution in [0.1, 0.15) is 17.7 Å². The molecule has 0 saturated carbocycles. The number of halogens is 3. The van der Waals surface area contributed by atoms with Crippen molar-refractivity contribution in [1.29, 1.82) is 0 Å². The van der Waals surface area contributed by atoms with E-state index in [1.807, 2.05) is 0 Å². The van der Waals surface area contributed by atoms with E-state index in [-0.39, 0.29) is 17.1 Å². The van der Waals surface area contributed by atoms with E-state index in [0.29, 0.717) is 3.57 Å². The van der Waals surface area contributed by atoms with E-state index in [4.69, 9.17) is 9.84 Å². The van der Waals surface area contributed by atoms with Crippen molar-refractivity contribution in [3.63, 3.8) is 0 Å². The third-order valence-electron chi connectivity index (χ3n) is 1.80. The summed E-state index contributed by atoms with van der Waals surface area (Å²) < 4.78 is 30.5. The van der Waals surface area contributed by atoms with Crippen LogP contribution in [0.25, 0.3) is 0 Å². The van der Waals surface area contributed by atoms with Gasteiger partial charge in [0, 0.05) is 5.56 Å². The quantitative estimate of drug-likeness (QED) is 0.852. The number of pyridine rings is 1. The second-order valence-corrected chi connectivity index (χ2v) is 4.05. The van der Waals surface area contributed by atoms with Crippen LogP contribution >= 0.6 is 22.6 Å². The molecule has 7 heteroatoms. The molecule has 0 spiro atoms. The monoisotopic (exact) mass is 343 g/mol. The van der Waals surface area contributed by atoms with E-state index in [1.54, 1.807) is 22.6 Å². The molecule has 16 heavy (non-hydrogen) atoms. The molecule has 1 aromatic rings. The van der Waals surface area contributed by atoms with Crippen molar-refractivity contribution in [3.8, 4) is 5.88 Å². The molecule has 1 heterocycles. The summed E-state index contributed by atoms with van der Waals surface area (Å²) in [6, 6.07) is 1.19. The first-order valence-electron chi connectivity index (χ1n) is 4.19. The molecule has 88 valence electrons. The summed E-state index contributed by atoms with van der Waals surface area (Å²) in [6.45, 7) is 0. The highest BCUT2D eigenvalue weighted by Gasteiger charge is 2.19. The highest BCUT2D eigenvalue weighted by Crippen LogP contribution is 2.28. The summed E-state index contributed by atoms with van der Waals surface area (Å²) in [4.78, 5) is 14.3. The Balaban J connectivity index is 3.24. The minimum Gasteiger partial charge on any atom is -0.481 e. The van der Waals surface area contributed by atoms with E-state index >= 15 is 0 Å². The van der Waals surface area contributed by atoms with Crippen molar-refractivity contribution in [2.24, 2.45) is 0 Å². The van der Waals surface area contributed by atoms with Crippen molar-refractivity contribution in [1.82, 2.24) is 4.98 Å². The van der Waals surface area contributed by atoms with Crippen LogP contribution in [0.15, 0.2) is 6.07 Å². The zero-order valence-electron chi connectivity index (χ0n) is 8.21. The number of hydrogen-bond donors (Lipinski definition) is 1. The van der Waals surface area contributed by atoms with Gasteiger partial charge >= 0.3 is 5.97 Å². The average molecular weight is 343 g/mol. The van der Waals surface area contributed by atoms with Crippen LogP contribution < -0.4 is 4.74 Å². The van der Waals surface area contributed by atoms with Gasteiger partial charge in [0.1, 0.15) is 0 Å². The molecular formula is C9H8F2INO3. The van der Waals surface area contributed by atoms with E-state index in [2.05, 4.69) is 4.98 Å². The van der Waals surface area contributed by atoms with Crippen LogP contribution in [0.4, 0.5) is 8.78 Å². The SMILES string of the molecule is COc1nc(CC(=O)O)c(C(F)F)cc1I. The van der Waals surface area contributed by atoms with Crippen molar-refractivity contribution in [3.05, 3.63) is 20.9 Å². The second kappa shape index (κ2) is 5.37. The largest absolute Gasteiger partial charge is 0.481 e. The maximum Gasteiger partial charge on any atom is 0.309 e. The fraction of sp³-hybridized carbons (Fsp3) is 0.333. The number of aliphatic carboxylic acids is 1. The van der Waals surface area contributed by atoms with E-state index < -0.39 is 18.8 Å². The maximum absolute atomic E-state index is 12.6. The Labute approximate surface area is 104 Å². The highest BCUT2D eigenvalue weighted by atomic mass is 127. The topological polar surface area (TPSA) is 59.4 Å². The lowest BCUT2D eigenvalue weighted by molar-refractivity contribution is -0.136. The summed E-state index contributed by atoms with van der Waals surface area (Å²) in [5, 5.41) is 8.58. The Morgan fingerprint density at radius 2 is 2.31 bits per heavy atom. The molecule has 4 nitrogen and oxygen atoms in total. The van der Waals surface area contributed by atoms with E-state index in [0.717, 1.165) is 0 Å². The second-order valence-electron chi connectivity index (χ2n) is 2.89. The van der Waals surface area contributed by atoms with Crippen molar-refractivity contribution < 1.29 is 23.4 Å². The van der Waals surface area contributed by atoms with Crippen molar-refractivity contribution >= 4 is 28.6 Å². The Morgan fingerprint density at radius 3 is 2.75 bits per heavy atom. The predicted octanol–water partition coefficient (Wildman–Crippen LogP) is 2.26. The van der Waals surface area contributed by atoms with Crippen LogP contribution in [0.2, 0.25) is 0 Å². The number of carboxylic acids is 1. The Hall–Kier alpha value is -0.990. The minimum atomic E-state index is -2.75. The lowest BCUT2D eigenvalue weighted by Gasteiger charge is -2.10. The fourth-order valence-corrected chi connectivity index (χ4v) is 1.82. The molecule has 0 unspecified atom stereocenters. The Morgan fingerprint density at radius 1 is 1.69 bits per heavy atom. The number of methoxy groups -OCH3 is 1. The number of aromatic nitrogens is 1. The molecular weight excluding hydrogens is 335 g/mol. The number of rotatable bonds is 4. The van der Waals surface area contributed by atoms with E-state index in [1.165, 1.54) is 13.2 Å². The molecule has 0 aliphatic heterocycles. The van der Waals surface area contributed by atoms with E-state index in [9.17, 15) is 13.6 Å². The van der Waals surface area contributed by atoms with Gasteiger partial charge in [0.2, 0.25) is 5.88 Å².